The van der Waals surface area contributed by atoms with Crippen molar-refractivity contribution in [3.63, 3.8) is 0 Å². The van der Waals surface area contributed by atoms with Gasteiger partial charge < -0.3 is 5.32 Å². The second kappa shape index (κ2) is 13.2. The van der Waals surface area contributed by atoms with Crippen molar-refractivity contribution in [2.75, 3.05) is 6.54 Å². The van der Waals surface area contributed by atoms with Crippen molar-refractivity contribution in [1.82, 2.24) is 16.2 Å². The molecule has 0 bridgehead atoms. The maximum Gasteiger partial charge on any atom is 0.220 e. The first-order valence-electron chi connectivity index (χ1n) is 9.79. The van der Waals surface area contributed by atoms with Crippen molar-refractivity contribution in [3.05, 3.63) is 71.8 Å². The number of hydrazone groups is 1. The maximum atomic E-state index is 12.5. The van der Waals surface area contributed by atoms with Crippen LogP contribution in [0.15, 0.2) is 65.8 Å². The number of nitrogens with zero attached hydrogens (tertiary/aromatic N) is 1. The summed E-state index contributed by atoms with van der Waals surface area (Å²) in [5.74, 6) is 5.17. The van der Waals surface area contributed by atoms with Crippen molar-refractivity contribution >= 4 is 34.7 Å². The van der Waals surface area contributed by atoms with E-state index in [2.05, 4.69) is 21.3 Å². The van der Waals surface area contributed by atoms with Crippen LogP contribution in [0.25, 0.3) is 0 Å². The lowest BCUT2D eigenvalue weighted by molar-refractivity contribution is -0.121. The number of hydrazine groups is 1. The largest absolute Gasteiger partial charge is 0.356 e. The van der Waals surface area contributed by atoms with Gasteiger partial charge in [0.2, 0.25) is 11.0 Å². The standard InChI is InChI=1S/C22H27N5O2S/c23-25-22(30)27-26-19(16-20(28)18-10-5-2-6-11-18)12-7-13-21(29)24-15-14-17-8-3-1-4-9-17/h1-6,8-11H,7,12-16,23H2,(H,24,29)(H2,25,27,30). The van der Waals surface area contributed by atoms with Crippen LogP contribution in [0.3, 0.4) is 0 Å². The Balaban J connectivity index is 1.80. The number of amides is 1. The number of carbonyl (C=O) groups excluding carboxylic acids is 2. The van der Waals surface area contributed by atoms with Crippen LogP contribution in [-0.2, 0) is 11.2 Å². The first-order chi connectivity index (χ1) is 14.6. The minimum Gasteiger partial charge on any atom is -0.356 e. The van der Waals surface area contributed by atoms with Gasteiger partial charge in [0.05, 0.1) is 6.42 Å². The van der Waals surface area contributed by atoms with Crippen molar-refractivity contribution in [2.45, 2.75) is 32.1 Å². The normalized spacial score (nSPS) is 10.9. The topological polar surface area (TPSA) is 109 Å². The van der Waals surface area contributed by atoms with E-state index in [1.165, 1.54) is 5.56 Å². The molecular formula is C22H27N5O2S. The van der Waals surface area contributed by atoms with Crippen LogP contribution < -0.4 is 22.0 Å². The van der Waals surface area contributed by atoms with Gasteiger partial charge in [-0.1, -0.05) is 60.7 Å². The number of benzene rings is 2. The van der Waals surface area contributed by atoms with Crippen molar-refractivity contribution in [3.8, 4) is 0 Å². The number of hydrogen-bond acceptors (Lipinski definition) is 5. The number of rotatable bonds is 11. The molecule has 0 heterocycles. The summed E-state index contributed by atoms with van der Waals surface area (Å²) in [6, 6.07) is 19.0. The number of hydrogen-bond donors (Lipinski definition) is 4. The Morgan fingerprint density at radius 2 is 1.63 bits per heavy atom. The van der Waals surface area contributed by atoms with E-state index in [1.54, 1.807) is 12.1 Å². The Kier molecular flexibility index (Phi) is 10.2. The smallest absolute Gasteiger partial charge is 0.220 e. The lowest BCUT2D eigenvalue weighted by atomic mass is 10.0. The molecule has 0 aromatic heterocycles. The van der Waals surface area contributed by atoms with E-state index < -0.39 is 0 Å². The predicted molar refractivity (Wildman–Crippen MR) is 123 cm³/mol. The number of ketones is 1. The minimum absolute atomic E-state index is 0.0215. The van der Waals surface area contributed by atoms with E-state index >= 15 is 0 Å². The second-order valence-corrected chi connectivity index (χ2v) is 7.08. The monoisotopic (exact) mass is 425 g/mol. The average molecular weight is 426 g/mol. The Morgan fingerprint density at radius 3 is 2.30 bits per heavy atom. The van der Waals surface area contributed by atoms with Crippen molar-refractivity contribution in [2.24, 2.45) is 10.9 Å². The van der Waals surface area contributed by atoms with Gasteiger partial charge in [0, 0.05) is 24.2 Å². The van der Waals surface area contributed by atoms with Gasteiger partial charge in [-0.15, -0.1) is 0 Å². The van der Waals surface area contributed by atoms with Gasteiger partial charge in [0.1, 0.15) is 0 Å². The molecule has 2 aromatic rings. The zero-order valence-corrected chi connectivity index (χ0v) is 17.6. The molecule has 0 aliphatic carbocycles. The van der Waals surface area contributed by atoms with Crippen LogP contribution in [0.1, 0.15) is 41.6 Å². The molecule has 1 amide bonds. The summed E-state index contributed by atoms with van der Waals surface area (Å²) < 4.78 is 0. The van der Waals surface area contributed by atoms with Crippen molar-refractivity contribution in [1.29, 1.82) is 0 Å². The molecule has 7 nitrogen and oxygen atoms in total. The highest BCUT2D eigenvalue weighted by atomic mass is 32.1. The fourth-order valence-corrected chi connectivity index (χ4v) is 2.84. The summed E-state index contributed by atoms with van der Waals surface area (Å²) in [7, 11) is 0. The molecule has 2 aromatic carbocycles. The first-order valence-corrected chi connectivity index (χ1v) is 10.2. The third kappa shape index (κ3) is 8.93. The minimum atomic E-state index is -0.0462. The molecule has 0 aliphatic heterocycles. The summed E-state index contributed by atoms with van der Waals surface area (Å²) in [6.45, 7) is 0.592. The van der Waals surface area contributed by atoms with Gasteiger partial charge in [-0.25, -0.2) is 5.84 Å². The molecule has 0 saturated carbocycles. The molecule has 0 spiro atoms. The number of carbonyl (C=O) groups is 2. The van der Waals surface area contributed by atoms with Gasteiger partial charge in [0.15, 0.2) is 5.78 Å². The predicted octanol–water partition coefficient (Wildman–Crippen LogP) is 2.48. The lowest BCUT2D eigenvalue weighted by Crippen LogP contribution is -2.37. The number of thiocarbonyl (C=S) groups is 1. The summed E-state index contributed by atoms with van der Waals surface area (Å²) in [5, 5.41) is 7.26. The van der Waals surface area contributed by atoms with Crippen molar-refractivity contribution < 1.29 is 9.59 Å². The number of nitrogens with two attached hydrogens (primary N) is 1. The molecule has 2 rings (SSSR count). The maximum absolute atomic E-state index is 12.5. The van der Waals surface area contributed by atoms with Crippen LogP contribution in [0, 0.1) is 0 Å². The fraction of sp³-hybridized carbons (Fsp3) is 0.273. The third-order valence-electron chi connectivity index (χ3n) is 4.35. The number of nitrogens with one attached hydrogen (secondary N) is 3. The molecule has 0 unspecified atom stereocenters. The molecular weight excluding hydrogens is 398 g/mol. The summed E-state index contributed by atoms with van der Waals surface area (Å²) in [5.41, 5.74) is 7.30. The highest BCUT2D eigenvalue weighted by molar-refractivity contribution is 7.80. The van der Waals surface area contributed by atoms with Gasteiger partial charge in [-0.3, -0.25) is 20.4 Å². The average Bonchev–Trinajstić information content (AvgIpc) is 2.78. The zero-order chi connectivity index (χ0) is 21.6. The van der Waals surface area contributed by atoms with Gasteiger partial charge in [-0.2, -0.15) is 5.10 Å². The molecule has 8 heteroatoms. The molecule has 30 heavy (non-hydrogen) atoms. The van der Waals surface area contributed by atoms with Gasteiger partial charge in [-0.05, 0) is 37.0 Å². The summed E-state index contributed by atoms with van der Waals surface area (Å²) in [6.07, 6.45) is 2.35. The highest BCUT2D eigenvalue weighted by Gasteiger charge is 2.11. The second-order valence-electron chi connectivity index (χ2n) is 6.67. The SMILES string of the molecule is NNC(=S)NN=C(CCCC(=O)NCCc1ccccc1)CC(=O)c1ccccc1. The van der Waals surface area contributed by atoms with E-state index in [9.17, 15) is 9.59 Å². The molecule has 0 aliphatic rings. The zero-order valence-electron chi connectivity index (χ0n) is 16.8. The van der Waals surface area contributed by atoms with Crippen LogP contribution in [0.5, 0.6) is 0 Å². The van der Waals surface area contributed by atoms with Crippen LogP contribution in [0.4, 0.5) is 0 Å². The summed E-state index contributed by atoms with van der Waals surface area (Å²) in [4.78, 5) is 24.6. The third-order valence-corrected chi connectivity index (χ3v) is 4.56. The lowest BCUT2D eigenvalue weighted by Gasteiger charge is -2.09. The quantitative estimate of drug-likeness (QED) is 0.145. The van der Waals surface area contributed by atoms with E-state index in [4.69, 9.17) is 18.1 Å². The summed E-state index contributed by atoms with van der Waals surface area (Å²) >= 11 is 4.92. The molecule has 0 atom stereocenters. The fourth-order valence-electron chi connectivity index (χ4n) is 2.79. The Morgan fingerprint density at radius 1 is 0.967 bits per heavy atom. The Labute approximate surface area is 182 Å². The van der Waals surface area contributed by atoms with Crippen LogP contribution in [0.2, 0.25) is 0 Å². The van der Waals surface area contributed by atoms with Crippen LogP contribution in [-0.4, -0.2) is 29.1 Å². The molecule has 0 radical (unpaired) electrons. The van der Waals surface area contributed by atoms with E-state index in [0.717, 1.165) is 6.42 Å². The molecule has 158 valence electrons. The molecule has 5 N–H and O–H groups in total. The number of Topliss-reactive ketones (excluding diaryl/α,β-unsaturated/α-hetero) is 1. The highest BCUT2D eigenvalue weighted by Crippen LogP contribution is 2.08. The van der Waals surface area contributed by atoms with Gasteiger partial charge in [0.25, 0.3) is 0 Å². The van der Waals surface area contributed by atoms with E-state index in [0.29, 0.717) is 37.1 Å². The molecule has 0 fully saturated rings. The molecule has 0 saturated heterocycles. The van der Waals surface area contributed by atoms with E-state index in [1.807, 2.05) is 48.5 Å². The Bertz CT molecular complexity index is 856. The van der Waals surface area contributed by atoms with Gasteiger partial charge >= 0.3 is 0 Å². The first kappa shape index (κ1) is 23.2. The Hall–Kier alpha value is -3.10. The van der Waals surface area contributed by atoms with E-state index in [-0.39, 0.29) is 23.2 Å². The van der Waals surface area contributed by atoms with Crippen LogP contribution >= 0.6 is 12.2 Å².